The van der Waals surface area contributed by atoms with E-state index in [-0.39, 0.29) is 5.92 Å². The second-order valence-electron chi connectivity index (χ2n) is 9.02. The maximum absolute atomic E-state index is 11.7. The normalized spacial score (nSPS) is 22.4. The first kappa shape index (κ1) is 22.7. The summed E-state index contributed by atoms with van der Waals surface area (Å²) in [5, 5.41) is 4.06. The molecular formula is C22H31N5O4S. The molecule has 0 radical (unpaired) electrons. The second-order valence-corrected chi connectivity index (χ2v) is 11.0. The number of aromatic nitrogens is 3. The molecule has 1 saturated heterocycles. The summed E-state index contributed by atoms with van der Waals surface area (Å²) < 4.78 is 36.3. The smallest absolute Gasteiger partial charge is 0.324 e. The van der Waals surface area contributed by atoms with E-state index in [9.17, 15) is 8.42 Å². The summed E-state index contributed by atoms with van der Waals surface area (Å²) in [6, 6.07) is 4.45. The molecule has 4 heterocycles. The Bertz CT molecular complexity index is 1060. The van der Waals surface area contributed by atoms with Gasteiger partial charge in [0.1, 0.15) is 5.75 Å². The van der Waals surface area contributed by atoms with Crippen LogP contribution >= 0.6 is 0 Å². The van der Waals surface area contributed by atoms with Gasteiger partial charge in [0, 0.05) is 38.0 Å². The highest BCUT2D eigenvalue weighted by molar-refractivity contribution is 7.88. The van der Waals surface area contributed by atoms with Gasteiger partial charge in [-0.1, -0.05) is 32.0 Å². The molecule has 4 rings (SSSR count). The predicted octanol–water partition coefficient (Wildman–Crippen LogP) is 2.79. The van der Waals surface area contributed by atoms with Gasteiger partial charge >= 0.3 is 6.01 Å². The van der Waals surface area contributed by atoms with E-state index >= 15 is 0 Å². The van der Waals surface area contributed by atoms with Crippen molar-refractivity contribution in [2.24, 2.45) is 11.8 Å². The molecule has 0 aromatic carbocycles. The average Bonchev–Trinajstić information content (AvgIpc) is 3.39. The average molecular weight is 462 g/mol. The molecule has 2 unspecified atom stereocenters. The quantitative estimate of drug-likeness (QED) is 0.620. The largest absolute Gasteiger partial charge is 0.492 e. The SMILES string of the molecule is CC(C)c1noc(N2CC(C)C(COc3ccc(C4=CCN(S(C)(=O)=O)CC4)nc3)C2)n1. The lowest BCUT2D eigenvalue weighted by molar-refractivity contribution is 0.232. The third-order valence-electron chi connectivity index (χ3n) is 6.16. The van der Waals surface area contributed by atoms with Crippen molar-refractivity contribution in [2.45, 2.75) is 33.1 Å². The Morgan fingerprint density at radius 1 is 1.28 bits per heavy atom. The summed E-state index contributed by atoms with van der Waals surface area (Å²) in [5.41, 5.74) is 1.93. The second kappa shape index (κ2) is 9.19. The van der Waals surface area contributed by atoms with Crippen molar-refractivity contribution in [3.05, 3.63) is 35.9 Å². The maximum Gasteiger partial charge on any atom is 0.324 e. The molecule has 0 aliphatic carbocycles. The third kappa shape index (κ3) is 5.12. The fourth-order valence-electron chi connectivity index (χ4n) is 4.04. The minimum absolute atomic E-state index is 0.241. The molecule has 0 bridgehead atoms. The molecular weight excluding hydrogens is 430 g/mol. The van der Waals surface area contributed by atoms with Gasteiger partial charge in [0.2, 0.25) is 10.0 Å². The van der Waals surface area contributed by atoms with Gasteiger partial charge in [0.05, 0.1) is 24.8 Å². The van der Waals surface area contributed by atoms with Crippen LogP contribution in [0.5, 0.6) is 5.75 Å². The summed E-state index contributed by atoms with van der Waals surface area (Å²) in [4.78, 5) is 11.2. The molecule has 174 valence electrons. The number of rotatable bonds is 7. The molecule has 2 aromatic rings. The molecule has 2 aliphatic rings. The standard InChI is InChI=1S/C22H31N5O4S/c1-15(2)21-24-22(31-25-21)26-12-16(3)18(13-26)14-30-19-5-6-20(23-11-19)17-7-9-27(10-8-17)32(4,28)29/h5-7,11,15-16,18H,8-10,12-14H2,1-4H3. The number of hydrogen-bond donors (Lipinski definition) is 0. The summed E-state index contributed by atoms with van der Waals surface area (Å²) in [5.74, 6) is 2.50. The van der Waals surface area contributed by atoms with Crippen molar-refractivity contribution in [1.29, 1.82) is 0 Å². The summed E-state index contributed by atoms with van der Waals surface area (Å²) in [7, 11) is -3.15. The van der Waals surface area contributed by atoms with E-state index in [1.54, 1.807) is 6.20 Å². The monoisotopic (exact) mass is 461 g/mol. The lowest BCUT2D eigenvalue weighted by Gasteiger charge is -2.24. The van der Waals surface area contributed by atoms with E-state index in [0.29, 0.717) is 44.0 Å². The number of anilines is 1. The molecule has 9 nitrogen and oxygen atoms in total. The minimum Gasteiger partial charge on any atom is -0.492 e. The van der Waals surface area contributed by atoms with Crippen molar-refractivity contribution in [1.82, 2.24) is 19.4 Å². The first-order valence-electron chi connectivity index (χ1n) is 11.0. The third-order valence-corrected chi connectivity index (χ3v) is 7.43. The Kier molecular flexibility index (Phi) is 6.52. The van der Waals surface area contributed by atoms with Crippen LogP contribution in [0, 0.1) is 11.8 Å². The van der Waals surface area contributed by atoms with Crippen molar-refractivity contribution >= 4 is 21.6 Å². The Balaban J connectivity index is 1.31. The molecule has 0 saturated carbocycles. The van der Waals surface area contributed by atoms with E-state index in [2.05, 4.69) is 26.9 Å². The number of ether oxygens (including phenoxy) is 1. The van der Waals surface area contributed by atoms with Crippen molar-refractivity contribution in [2.75, 3.05) is 43.9 Å². The number of hydrogen-bond acceptors (Lipinski definition) is 8. The van der Waals surface area contributed by atoms with Crippen molar-refractivity contribution < 1.29 is 17.7 Å². The highest BCUT2D eigenvalue weighted by atomic mass is 32.2. The summed E-state index contributed by atoms with van der Waals surface area (Å²) >= 11 is 0. The van der Waals surface area contributed by atoms with Crippen LogP contribution in [-0.2, 0) is 10.0 Å². The topological polar surface area (TPSA) is 102 Å². The summed E-state index contributed by atoms with van der Waals surface area (Å²) in [6.45, 7) is 9.46. The fourth-order valence-corrected chi connectivity index (χ4v) is 4.81. The van der Waals surface area contributed by atoms with Crippen LogP contribution < -0.4 is 9.64 Å². The van der Waals surface area contributed by atoms with E-state index in [4.69, 9.17) is 9.26 Å². The Morgan fingerprint density at radius 2 is 2.09 bits per heavy atom. The molecule has 2 aliphatic heterocycles. The van der Waals surface area contributed by atoms with Crippen LogP contribution in [0.3, 0.4) is 0 Å². The van der Waals surface area contributed by atoms with Crippen LogP contribution in [0.4, 0.5) is 6.01 Å². The van der Waals surface area contributed by atoms with Gasteiger partial charge < -0.3 is 14.2 Å². The van der Waals surface area contributed by atoms with Crippen LogP contribution in [0.1, 0.15) is 44.6 Å². The highest BCUT2D eigenvalue weighted by Crippen LogP contribution is 2.29. The lowest BCUT2D eigenvalue weighted by atomic mass is 9.99. The van der Waals surface area contributed by atoms with Crippen molar-refractivity contribution in [3.8, 4) is 5.75 Å². The van der Waals surface area contributed by atoms with Crippen LogP contribution in [-0.4, -0.2) is 66.9 Å². The molecule has 1 fully saturated rings. The molecule has 0 amide bonds. The van der Waals surface area contributed by atoms with E-state index in [1.807, 2.05) is 32.1 Å². The lowest BCUT2D eigenvalue weighted by Crippen LogP contribution is -2.33. The van der Waals surface area contributed by atoms with E-state index in [1.165, 1.54) is 10.6 Å². The zero-order chi connectivity index (χ0) is 22.9. The number of sulfonamides is 1. The van der Waals surface area contributed by atoms with Gasteiger partial charge in [0.25, 0.3) is 0 Å². The molecule has 2 atom stereocenters. The predicted molar refractivity (Wildman–Crippen MR) is 122 cm³/mol. The molecule has 10 heteroatoms. The van der Waals surface area contributed by atoms with Gasteiger partial charge in [-0.05, 0) is 30.0 Å². The zero-order valence-corrected chi connectivity index (χ0v) is 19.9. The molecule has 32 heavy (non-hydrogen) atoms. The van der Waals surface area contributed by atoms with E-state index in [0.717, 1.165) is 35.9 Å². The Hall–Kier alpha value is -2.46. The first-order chi connectivity index (χ1) is 15.2. The van der Waals surface area contributed by atoms with Gasteiger partial charge in [-0.3, -0.25) is 4.98 Å². The number of pyridine rings is 1. The van der Waals surface area contributed by atoms with Crippen LogP contribution in [0.25, 0.3) is 5.57 Å². The maximum atomic E-state index is 11.7. The Morgan fingerprint density at radius 3 is 2.69 bits per heavy atom. The Labute approximate surface area is 189 Å². The van der Waals surface area contributed by atoms with Gasteiger partial charge in [-0.2, -0.15) is 9.29 Å². The number of nitrogens with zero attached hydrogens (tertiary/aromatic N) is 5. The van der Waals surface area contributed by atoms with Gasteiger partial charge in [-0.15, -0.1) is 0 Å². The molecule has 0 N–H and O–H groups in total. The van der Waals surface area contributed by atoms with Crippen LogP contribution in [0.15, 0.2) is 28.9 Å². The molecule has 0 spiro atoms. The first-order valence-corrected chi connectivity index (χ1v) is 12.9. The minimum atomic E-state index is -3.15. The zero-order valence-electron chi connectivity index (χ0n) is 19.1. The highest BCUT2D eigenvalue weighted by Gasteiger charge is 2.33. The van der Waals surface area contributed by atoms with E-state index < -0.39 is 10.0 Å². The summed E-state index contributed by atoms with van der Waals surface area (Å²) in [6.07, 6.45) is 5.57. The van der Waals surface area contributed by atoms with Gasteiger partial charge in [0.15, 0.2) is 5.82 Å². The van der Waals surface area contributed by atoms with Gasteiger partial charge in [-0.25, -0.2) is 8.42 Å². The van der Waals surface area contributed by atoms with Crippen molar-refractivity contribution in [3.63, 3.8) is 0 Å². The van der Waals surface area contributed by atoms with Crippen LogP contribution in [0.2, 0.25) is 0 Å². The fraction of sp³-hybridized carbons (Fsp3) is 0.591. The molecule has 2 aromatic heterocycles.